The van der Waals surface area contributed by atoms with Crippen molar-refractivity contribution < 1.29 is 21.5 Å². The van der Waals surface area contributed by atoms with Gasteiger partial charge in [-0.3, -0.25) is 0 Å². The average molecular weight is 662 g/mol. The van der Waals surface area contributed by atoms with E-state index in [1.165, 1.54) is 0 Å². The summed E-state index contributed by atoms with van der Waals surface area (Å²) >= 11 is 0. The van der Waals surface area contributed by atoms with Gasteiger partial charge in [0.1, 0.15) is 33.5 Å². The zero-order valence-corrected chi connectivity index (χ0v) is 26.5. The molecule has 0 saturated heterocycles. The van der Waals surface area contributed by atoms with Gasteiger partial charge in [0, 0.05) is 54.6 Å². The van der Waals surface area contributed by atoms with E-state index in [0.717, 1.165) is 21.7 Å². The smallest absolute Gasteiger partial charge is 0.164 e. The van der Waals surface area contributed by atoms with Crippen LogP contribution in [0.2, 0.25) is 0 Å². The van der Waals surface area contributed by atoms with Crippen molar-refractivity contribution in [2.45, 2.75) is 0 Å². The van der Waals surface area contributed by atoms with Crippen molar-refractivity contribution in [1.82, 2.24) is 15.0 Å². The van der Waals surface area contributed by atoms with Crippen molar-refractivity contribution in [2.24, 2.45) is 0 Å². The molecule has 51 heavy (non-hydrogen) atoms. The van der Waals surface area contributed by atoms with Crippen molar-refractivity contribution in [2.75, 3.05) is 0 Å². The highest BCUT2D eigenvalue weighted by atomic mass is 16.3. The second kappa shape index (κ2) is 10.7. The Bertz CT molecular complexity index is 3500. The van der Waals surface area contributed by atoms with E-state index >= 15 is 0 Å². The van der Waals surface area contributed by atoms with Gasteiger partial charge < -0.3 is 13.3 Å². The van der Waals surface area contributed by atoms with Gasteiger partial charge >= 0.3 is 0 Å². The van der Waals surface area contributed by atoms with Crippen LogP contribution in [0.5, 0.6) is 0 Å². The lowest BCUT2D eigenvalue weighted by Gasteiger charge is -2.08. The predicted octanol–water partition coefficient (Wildman–Crippen LogP) is 12.2. The minimum absolute atomic E-state index is 0.0160. The van der Waals surface area contributed by atoms with Gasteiger partial charge in [0.25, 0.3) is 0 Å². The molecule has 238 valence electrons. The Labute approximate surface area is 298 Å². The van der Waals surface area contributed by atoms with E-state index < -0.39 is 0 Å². The quantitative estimate of drug-likeness (QED) is 0.187. The maximum absolute atomic E-state index is 9.55. The van der Waals surface area contributed by atoms with Crippen LogP contribution in [0.1, 0.15) is 8.22 Å². The second-order valence-corrected chi connectivity index (χ2v) is 12.3. The van der Waals surface area contributed by atoms with Crippen LogP contribution in [-0.2, 0) is 0 Å². The Morgan fingerprint density at radius 3 is 1.96 bits per heavy atom. The highest BCUT2D eigenvalue weighted by molar-refractivity contribution is 6.17. The largest absolute Gasteiger partial charge is 0.456 e. The van der Waals surface area contributed by atoms with Crippen LogP contribution in [-0.4, -0.2) is 15.0 Å². The third kappa shape index (κ3) is 4.33. The average Bonchev–Trinajstić information content (AvgIpc) is 3.94. The summed E-state index contributed by atoms with van der Waals surface area (Å²) in [7, 11) is 0. The summed E-state index contributed by atoms with van der Waals surface area (Å²) in [6.45, 7) is 0. The SMILES string of the molecule is [2H]c1c([2H])c([2H])c2c(oc3c([2H])c(-c4nc(-c5ccccc5)nc(-c5ccc6c(c5)oc5ccccc56)n4)c([2H])c([2H])c32)c1-c1cccc2oc3ccccc3c12. The van der Waals surface area contributed by atoms with Crippen molar-refractivity contribution >= 4 is 65.8 Å². The summed E-state index contributed by atoms with van der Waals surface area (Å²) in [6.07, 6.45) is 0. The molecule has 0 radical (unpaired) electrons. The van der Waals surface area contributed by atoms with Gasteiger partial charge in [0.15, 0.2) is 17.5 Å². The molecule has 0 aliphatic rings. The number of benzene rings is 7. The van der Waals surface area contributed by atoms with Crippen molar-refractivity contribution in [3.8, 4) is 45.3 Å². The highest BCUT2D eigenvalue weighted by Crippen LogP contribution is 2.42. The zero-order chi connectivity index (χ0) is 38.7. The molecule has 0 bridgehead atoms. The second-order valence-electron chi connectivity index (χ2n) is 12.3. The van der Waals surface area contributed by atoms with Crippen molar-refractivity contribution in [3.63, 3.8) is 0 Å². The first-order valence-corrected chi connectivity index (χ1v) is 16.4. The number of nitrogens with zero attached hydrogens (tertiary/aromatic N) is 3. The lowest BCUT2D eigenvalue weighted by atomic mass is 9.97. The van der Waals surface area contributed by atoms with E-state index in [-0.39, 0.29) is 81.0 Å². The Morgan fingerprint density at radius 1 is 0.412 bits per heavy atom. The van der Waals surface area contributed by atoms with E-state index in [2.05, 4.69) is 0 Å². The van der Waals surface area contributed by atoms with E-state index in [1.54, 1.807) is 12.1 Å². The zero-order valence-electron chi connectivity index (χ0n) is 32.5. The van der Waals surface area contributed by atoms with Crippen LogP contribution >= 0.6 is 0 Å². The van der Waals surface area contributed by atoms with Gasteiger partial charge in [0.2, 0.25) is 0 Å². The molecule has 0 fully saturated rings. The van der Waals surface area contributed by atoms with Gasteiger partial charge in [0.05, 0.1) is 8.22 Å². The number of hydrogen-bond acceptors (Lipinski definition) is 6. The molecule has 11 aromatic rings. The number of furan rings is 3. The van der Waals surface area contributed by atoms with Crippen LogP contribution in [0.25, 0.3) is 111 Å². The number of hydrogen-bond donors (Lipinski definition) is 0. The lowest BCUT2D eigenvalue weighted by Crippen LogP contribution is -2.00. The molecule has 0 N–H and O–H groups in total. The fraction of sp³-hybridized carbons (Fsp3) is 0. The molecule has 0 atom stereocenters. The first kappa shape index (κ1) is 22.6. The molecule has 0 unspecified atom stereocenters. The predicted molar refractivity (Wildman–Crippen MR) is 203 cm³/mol. The molecule has 11 rings (SSSR count). The molecule has 4 heterocycles. The summed E-state index contributed by atoms with van der Waals surface area (Å²) in [5.41, 5.74) is 4.57. The van der Waals surface area contributed by atoms with Crippen LogP contribution in [0.4, 0.5) is 0 Å². The number of aromatic nitrogens is 3. The highest BCUT2D eigenvalue weighted by Gasteiger charge is 2.19. The van der Waals surface area contributed by atoms with Crippen LogP contribution < -0.4 is 0 Å². The monoisotopic (exact) mass is 661 g/mol. The van der Waals surface area contributed by atoms with E-state index in [9.17, 15) is 4.11 Å². The van der Waals surface area contributed by atoms with Gasteiger partial charge in [-0.25, -0.2) is 15.0 Å². The summed E-state index contributed by atoms with van der Waals surface area (Å²) in [5, 5.41) is 3.51. The molecule has 0 aliphatic carbocycles. The molecule has 6 nitrogen and oxygen atoms in total. The summed E-state index contributed by atoms with van der Waals surface area (Å²) in [4.78, 5) is 14.4. The first-order valence-electron chi connectivity index (χ1n) is 19.4. The lowest BCUT2D eigenvalue weighted by molar-refractivity contribution is 0.668. The van der Waals surface area contributed by atoms with Crippen molar-refractivity contribution in [1.29, 1.82) is 0 Å². The van der Waals surface area contributed by atoms with Crippen LogP contribution in [0.3, 0.4) is 0 Å². The molecule has 0 spiro atoms. The third-order valence-electron chi connectivity index (χ3n) is 9.26. The summed E-state index contributed by atoms with van der Waals surface area (Å²) in [5.74, 6) is 0.548. The summed E-state index contributed by atoms with van der Waals surface area (Å²) in [6, 6.07) is 33.8. The topological polar surface area (TPSA) is 78.1 Å². The summed E-state index contributed by atoms with van der Waals surface area (Å²) < 4.78 is 74.0. The first-order chi connectivity index (χ1) is 27.8. The molecule has 4 aromatic heterocycles. The molecule has 0 saturated carbocycles. The molecule has 0 amide bonds. The van der Waals surface area contributed by atoms with Gasteiger partial charge in [-0.05, 0) is 48.0 Å². The Balaban J connectivity index is 1.18. The normalized spacial score (nSPS) is 13.6. The third-order valence-corrected chi connectivity index (χ3v) is 9.26. The van der Waals surface area contributed by atoms with Crippen molar-refractivity contribution in [3.05, 3.63) is 152 Å². The van der Waals surface area contributed by atoms with E-state index in [0.29, 0.717) is 44.7 Å². The van der Waals surface area contributed by atoms with Gasteiger partial charge in [-0.2, -0.15) is 0 Å². The minimum atomic E-state index is -0.373. The molecule has 0 aliphatic heterocycles. The maximum Gasteiger partial charge on any atom is 0.164 e. The molecular weight excluding hydrogens is 631 g/mol. The minimum Gasteiger partial charge on any atom is -0.456 e. The molecule has 7 aromatic carbocycles. The fourth-order valence-corrected chi connectivity index (χ4v) is 6.90. The molecular formula is C45H25N3O3. The van der Waals surface area contributed by atoms with Crippen LogP contribution in [0, 0.1) is 0 Å². The van der Waals surface area contributed by atoms with Gasteiger partial charge in [-0.15, -0.1) is 0 Å². The fourth-order valence-electron chi connectivity index (χ4n) is 6.90. The van der Waals surface area contributed by atoms with E-state index in [4.69, 9.17) is 32.3 Å². The number of para-hydroxylation sites is 3. The standard InChI is InChI=1S/C45H25N3O3/c1-2-10-26(11-3-1)43-46-44(27-20-22-30-29-12-4-6-17-36(29)50-39(30)24-27)48-45(47-43)28-21-23-31-33-15-8-16-34(42(33)51-40(31)25-28)32-14-9-19-38-41(32)35-13-5-7-18-37(35)49-38/h1-25H/i8D,15D,16D,21D,23D,25D. The molecule has 6 heteroatoms. The Hall–Kier alpha value is -7.05. The van der Waals surface area contributed by atoms with Gasteiger partial charge in [-0.1, -0.05) is 109 Å². The Kier molecular flexibility index (Phi) is 4.74. The maximum atomic E-state index is 9.55. The Morgan fingerprint density at radius 2 is 1.10 bits per heavy atom. The van der Waals surface area contributed by atoms with E-state index in [1.807, 2.05) is 103 Å². The van der Waals surface area contributed by atoms with Crippen LogP contribution in [0.15, 0.2) is 165 Å². The number of rotatable bonds is 4. The number of fused-ring (bicyclic) bond motifs is 9.